The van der Waals surface area contributed by atoms with Crippen LogP contribution in [0, 0.1) is 30.6 Å². The van der Waals surface area contributed by atoms with E-state index in [1.54, 1.807) is 28.4 Å². The monoisotopic (exact) mass is 318 g/mol. The van der Waals surface area contributed by atoms with Crippen molar-refractivity contribution in [2.24, 2.45) is 0 Å². The van der Waals surface area contributed by atoms with Gasteiger partial charge in [0.1, 0.15) is 0 Å². The summed E-state index contributed by atoms with van der Waals surface area (Å²) in [7, 11) is 6.61. The molecule has 0 atom stereocenters. The zero-order valence-electron chi connectivity index (χ0n) is 13.8. The Morgan fingerprint density at radius 2 is 0.682 bits per heavy atom. The second-order valence-corrected chi connectivity index (χ2v) is 2.42. The summed E-state index contributed by atoms with van der Waals surface area (Å²) >= 11 is 0. The summed E-state index contributed by atoms with van der Waals surface area (Å²) < 4.78 is 18.6. The number of methoxy groups -OCH3 is 4. The molecule has 0 unspecified atom stereocenters. The summed E-state index contributed by atoms with van der Waals surface area (Å²) in [4.78, 5) is 16.5. The summed E-state index contributed by atoms with van der Waals surface area (Å²) in [5.41, 5.74) is 0. The zero-order chi connectivity index (χ0) is 16.8. The summed E-state index contributed by atoms with van der Waals surface area (Å²) in [5.74, 6) is 0. The number of rotatable bonds is 6. The van der Waals surface area contributed by atoms with Crippen LogP contribution in [0.4, 0.5) is 0 Å². The third kappa shape index (κ3) is 224. The molecular formula is C8H20Li2N2O10. The van der Waals surface area contributed by atoms with Crippen molar-refractivity contribution >= 4 is 0 Å². The third-order valence-corrected chi connectivity index (χ3v) is 0.983. The van der Waals surface area contributed by atoms with Crippen molar-refractivity contribution in [3.05, 3.63) is 30.6 Å². The number of nitrogens with zero attached hydrogens (tertiary/aromatic N) is 2. The fraction of sp³-hybridized carbons (Fsp3) is 1.00. The molecule has 0 heterocycles. The Labute approximate surface area is 152 Å². The van der Waals surface area contributed by atoms with Crippen molar-refractivity contribution < 1.29 is 66.8 Å². The molecule has 0 saturated heterocycles. The SMILES string of the molecule is COCCOC.COCCOC.O=[N+]([O-])[O-].O=[N+]([O-])[O-].[Li+].[Li+]. The summed E-state index contributed by atoms with van der Waals surface area (Å²) in [5, 5.41) is 29.5. The van der Waals surface area contributed by atoms with Gasteiger partial charge in [0.15, 0.2) is 0 Å². The molecular weight excluding hydrogens is 298 g/mol. The first kappa shape index (κ1) is 37.6. The molecule has 0 aliphatic carbocycles. The summed E-state index contributed by atoms with van der Waals surface area (Å²) in [6.07, 6.45) is 0. The Hall–Kier alpha value is -0.565. The first-order valence-corrected chi connectivity index (χ1v) is 4.88. The predicted octanol–water partition coefficient (Wildman–Crippen LogP) is -5.91. The Balaban J connectivity index is -0.0000000383. The van der Waals surface area contributed by atoms with E-state index in [0.717, 1.165) is 0 Å². The van der Waals surface area contributed by atoms with Crippen molar-refractivity contribution in [2.75, 3.05) is 54.9 Å². The number of hydrogen-bond acceptors (Lipinski definition) is 10. The third-order valence-electron chi connectivity index (χ3n) is 0.983. The van der Waals surface area contributed by atoms with Crippen LogP contribution in [-0.2, 0) is 18.9 Å². The first-order valence-electron chi connectivity index (χ1n) is 4.88. The van der Waals surface area contributed by atoms with E-state index in [0.29, 0.717) is 26.4 Å². The van der Waals surface area contributed by atoms with E-state index in [9.17, 15) is 0 Å². The maximum Gasteiger partial charge on any atom is 1.00 e. The van der Waals surface area contributed by atoms with Gasteiger partial charge in [-0.1, -0.05) is 0 Å². The largest absolute Gasteiger partial charge is 1.00 e. The van der Waals surface area contributed by atoms with Crippen LogP contribution in [0.25, 0.3) is 0 Å². The van der Waals surface area contributed by atoms with Gasteiger partial charge < -0.3 is 49.6 Å². The van der Waals surface area contributed by atoms with Gasteiger partial charge in [-0.15, -0.1) is 0 Å². The van der Waals surface area contributed by atoms with Gasteiger partial charge in [-0.25, -0.2) is 0 Å². The molecule has 0 aromatic carbocycles. The minimum Gasteiger partial charge on any atom is -0.382 e. The molecule has 0 radical (unpaired) electrons. The Morgan fingerprint density at radius 3 is 0.727 bits per heavy atom. The molecule has 14 heteroatoms. The van der Waals surface area contributed by atoms with Crippen molar-refractivity contribution in [1.29, 1.82) is 0 Å². The fourth-order valence-corrected chi connectivity index (χ4v) is 0.333. The van der Waals surface area contributed by atoms with Gasteiger partial charge in [-0.05, 0) is 0 Å². The Morgan fingerprint density at radius 1 is 0.591 bits per heavy atom. The molecule has 12 nitrogen and oxygen atoms in total. The van der Waals surface area contributed by atoms with Gasteiger partial charge in [0.2, 0.25) is 0 Å². The molecule has 0 N–H and O–H groups in total. The second-order valence-electron chi connectivity index (χ2n) is 2.42. The molecule has 0 rings (SSSR count). The quantitative estimate of drug-likeness (QED) is 0.199. The molecule has 0 aliphatic heterocycles. The second kappa shape index (κ2) is 42.8. The topological polar surface area (TPSA) is 169 Å². The van der Waals surface area contributed by atoms with Crippen LogP contribution in [0.1, 0.15) is 0 Å². The Kier molecular flexibility index (Phi) is 73.0. The summed E-state index contributed by atoms with van der Waals surface area (Å²) in [6, 6.07) is 0. The average molecular weight is 318 g/mol. The average Bonchev–Trinajstić information content (AvgIpc) is 2.33. The van der Waals surface area contributed by atoms with Crippen LogP contribution in [0.5, 0.6) is 0 Å². The van der Waals surface area contributed by atoms with Gasteiger partial charge >= 0.3 is 37.7 Å². The van der Waals surface area contributed by atoms with Crippen LogP contribution in [0.2, 0.25) is 0 Å². The van der Waals surface area contributed by atoms with E-state index in [1.165, 1.54) is 0 Å². The van der Waals surface area contributed by atoms with E-state index in [1.807, 2.05) is 0 Å². The molecule has 0 fully saturated rings. The molecule has 124 valence electrons. The van der Waals surface area contributed by atoms with Gasteiger partial charge in [0, 0.05) is 28.4 Å². The van der Waals surface area contributed by atoms with Crippen LogP contribution in [0.15, 0.2) is 0 Å². The van der Waals surface area contributed by atoms with Gasteiger partial charge in [-0.2, -0.15) is 0 Å². The van der Waals surface area contributed by atoms with Crippen LogP contribution < -0.4 is 37.7 Å². The van der Waals surface area contributed by atoms with Gasteiger partial charge in [0.05, 0.1) is 36.6 Å². The van der Waals surface area contributed by atoms with Gasteiger partial charge in [0.25, 0.3) is 0 Å². The van der Waals surface area contributed by atoms with E-state index in [4.69, 9.17) is 30.6 Å². The van der Waals surface area contributed by atoms with Crippen molar-refractivity contribution in [1.82, 2.24) is 0 Å². The molecule has 0 spiro atoms. The first-order chi connectivity index (χ1) is 9.29. The smallest absolute Gasteiger partial charge is 0.382 e. The molecule has 0 aromatic heterocycles. The van der Waals surface area contributed by atoms with Crippen LogP contribution in [0.3, 0.4) is 0 Å². The maximum absolute atomic E-state index is 8.25. The Bertz CT molecular complexity index is 166. The van der Waals surface area contributed by atoms with Crippen LogP contribution >= 0.6 is 0 Å². The normalized spacial score (nSPS) is 7.09. The van der Waals surface area contributed by atoms with E-state index in [-0.39, 0.29) is 37.7 Å². The van der Waals surface area contributed by atoms with E-state index < -0.39 is 10.2 Å². The molecule has 0 saturated carbocycles. The molecule has 22 heavy (non-hydrogen) atoms. The number of ether oxygens (including phenoxy) is 4. The van der Waals surface area contributed by atoms with Gasteiger partial charge in [-0.3, -0.25) is 0 Å². The predicted molar refractivity (Wildman–Crippen MR) is 68.2 cm³/mol. The molecule has 0 aliphatic rings. The van der Waals surface area contributed by atoms with Crippen molar-refractivity contribution in [3.63, 3.8) is 0 Å². The number of hydrogen-bond donors (Lipinski definition) is 0. The molecule has 0 amide bonds. The summed E-state index contributed by atoms with van der Waals surface area (Å²) in [6.45, 7) is 2.76. The van der Waals surface area contributed by atoms with Crippen LogP contribution in [-0.4, -0.2) is 65.0 Å². The standard InChI is InChI=1S/2C4H10O2.2Li.2NO3/c2*1-5-3-4-6-2;;;2*2-1(3)4/h2*3-4H2,1-2H3;;;;/q;;2*+1;2*-1. The minimum absolute atomic E-state index is 0. The minimum atomic E-state index is -1.75. The fourth-order valence-electron chi connectivity index (χ4n) is 0.333. The van der Waals surface area contributed by atoms with E-state index in [2.05, 4.69) is 18.9 Å². The van der Waals surface area contributed by atoms with Crippen molar-refractivity contribution in [3.8, 4) is 0 Å². The van der Waals surface area contributed by atoms with Crippen molar-refractivity contribution in [2.45, 2.75) is 0 Å². The maximum atomic E-state index is 8.25. The molecule has 0 aromatic rings. The molecule has 0 bridgehead atoms. The van der Waals surface area contributed by atoms with E-state index >= 15 is 0 Å². The zero-order valence-corrected chi connectivity index (χ0v) is 13.8.